The molecule has 0 aromatic carbocycles. The topological polar surface area (TPSA) is 26.0 Å². The number of nitrogens with two attached hydrogens (primary N) is 1. The van der Waals surface area contributed by atoms with Crippen molar-refractivity contribution in [3.63, 3.8) is 0 Å². The van der Waals surface area contributed by atoms with E-state index in [1.807, 2.05) is 0 Å². The third kappa shape index (κ3) is 3.27. The molecule has 0 amide bonds. The average Bonchev–Trinajstić information content (AvgIpc) is 1.90. The van der Waals surface area contributed by atoms with Gasteiger partial charge in [-0.1, -0.05) is 0 Å². The summed E-state index contributed by atoms with van der Waals surface area (Å²) in [5.41, 5.74) is 5.90. The van der Waals surface area contributed by atoms with Crippen molar-refractivity contribution in [3.8, 4) is 0 Å². The van der Waals surface area contributed by atoms with Gasteiger partial charge in [-0.25, -0.2) is 0 Å². The predicted molar refractivity (Wildman–Crippen MR) is 45.0 cm³/mol. The van der Waals surface area contributed by atoms with Crippen molar-refractivity contribution in [2.75, 3.05) is 0 Å². The van der Waals surface area contributed by atoms with E-state index in [4.69, 9.17) is 5.73 Å². The van der Waals surface area contributed by atoms with Gasteiger partial charge in [0.05, 0.1) is 0 Å². The predicted octanol–water partition coefficient (Wildman–Crippen LogP) is 1.80. The zero-order valence-electron chi connectivity index (χ0n) is 6.72. The van der Waals surface area contributed by atoms with Crippen molar-refractivity contribution in [1.29, 1.82) is 0 Å². The Kier molecular flexibility index (Phi) is 5.62. The molecule has 1 atom stereocenters. The molecule has 9 heavy (non-hydrogen) atoms. The zero-order valence-corrected chi connectivity index (χ0v) is 8.60. The van der Waals surface area contributed by atoms with Crippen LogP contribution in [0.25, 0.3) is 0 Å². The molecule has 0 aromatic heterocycles. The van der Waals surface area contributed by atoms with Crippen LogP contribution < -0.4 is 5.73 Å². The van der Waals surface area contributed by atoms with Crippen LogP contribution in [-0.2, 0) is 0 Å². The van der Waals surface area contributed by atoms with Gasteiger partial charge in [-0.2, -0.15) is 0 Å². The summed E-state index contributed by atoms with van der Waals surface area (Å²) in [7, 11) is 0. The zero-order chi connectivity index (χ0) is 7.28. The van der Waals surface area contributed by atoms with Crippen molar-refractivity contribution >= 4 is 14.7 Å². The van der Waals surface area contributed by atoms with Crippen LogP contribution in [0, 0.1) is 0 Å². The van der Waals surface area contributed by atoms with Crippen LogP contribution in [0.2, 0.25) is 10.4 Å². The van der Waals surface area contributed by atoms with E-state index in [1.165, 1.54) is 16.8 Å². The third-order valence-electron chi connectivity index (χ3n) is 1.70. The molecule has 0 fully saturated rings. The van der Waals surface area contributed by atoms with Crippen molar-refractivity contribution in [2.45, 2.75) is 42.4 Å². The summed E-state index contributed by atoms with van der Waals surface area (Å²) in [4.78, 5) is 0.576. The van der Waals surface area contributed by atoms with E-state index in [9.17, 15) is 0 Å². The number of hydrogen-bond acceptors (Lipinski definition) is 1. The quantitative estimate of drug-likeness (QED) is 0.673. The van der Waals surface area contributed by atoms with Gasteiger partial charge in [-0.05, 0) is 0 Å². The molecular formula is C7H18AsN. The van der Waals surface area contributed by atoms with E-state index in [-0.39, 0.29) is 0 Å². The molecule has 2 N–H and O–H groups in total. The molecule has 1 unspecified atom stereocenters. The van der Waals surface area contributed by atoms with Crippen molar-refractivity contribution in [2.24, 2.45) is 5.73 Å². The molecular weight excluding hydrogens is 173 g/mol. The Morgan fingerprint density at radius 1 is 1.22 bits per heavy atom. The Hall–Kier alpha value is 0.518. The molecule has 0 radical (unpaired) electrons. The summed E-state index contributed by atoms with van der Waals surface area (Å²) in [5.74, 6) is 0. The Bertz CT molecular complexity index is 61.9. The van der Waals surface area contributed by atoms with E-state index in [2.05, 4.69) is 20.8 Å². The average molecular weight is 191 g/mol. The van der Waals surface area contributed by atoms with Gasteiger partial charge in [0.2, 0.25) is 0 Å². The minimum atomic E-state index is -0.571. The van der Waals surface area contributed by atoms with Crippen LogP contribution >= 0.6 is 0 Å². The number of hydrogen-bond donors (Lipinski definition) is 1. The van der Waals surface area contributed by atoms with Gasteiger partial charge >= 0.3 is 62.8 Å². The van der Waals surface area contributed by atoms with E-state index in [0.717, 1.165) is 0 Å². The van der Waals surface area contributed by atoms with Crippen molar-refractivity contribution in [1.82, 2.24) is 0 Å². The third-order valence-corrected chi connectivity index (χ3v) is 7.84. The molecule has 0 saturated heterocycles. The molecule has 2 heteroatoms. The Labute approximate surface area is 63.3 Å². The molecule has 0 aliphatic heterocycles. The second-order valence-electron chi connectivity index (χ2n) is 2.20. The first-order valence-corrected chi connectivity index (χ1v) is 7.49. The van der Waals surface area contributed by atoms with Crippen LogP contribution in [0.4, 0.5) is 0 Å². The Morgan fingerprint density at radius 2 is 1.67 bits per heavy atom. The molecule has 0 saturated carbocycles. The van der Waals surface area contributed by atoms with Crippen LogP contribution in [0.15, 0.2) is 0 Å². The SMILES string of the molecule is CCC(N)[As](CC)CC. The molecule has 1 nitrogen and oxygen atoms in total. The van der Waals surface area contributed by atoms with Gasteiger partial charge in [0, 0.05) is 0 Å². The standard InChI is InChI=1S/C7H18AsN/c1-4-7(9)8(5-2)6-3/h7H,4-6,9H2,1-3H3. The minimum absolute atomic E-state index is 0.571. The first-order valence-electron chi connectivity index (χ1n) is 3.75. The molecule has 0 aliphatic rings. The molecule has 0 aliphatic carbocycles. The van der Waals surface area contributed by atoms with Crippen LogP contribution in [-0.4, -0.2) is 19.5 Å². The maximum atomic E-state index is 5.90. The Morgan fingerprint density at radius 3 is 1.78 bits per heavy atom. The van der Waals surface area contributed by atoms with Crippen molar-refractivity contribution in [3.05, 3.63) is 0 Å². The Balaban J connectivity index is 3.50. The van der Waals surface area contributed by atoms with Crippen LogP contribution in [0.5, 0.6) is 0 Å². The second-order valence-corrected chi connectivity index (χ2v) is 8.71. The van der Waals surface area contributed by atoms with E-state index < -0.39 is 14.7 Å². The molecule has 0 bridgehead atoms. The van der Waals surface area contributed by atoms with Gasteiger partial charge in [0.25, 0.3) is 0 Å². The molecule has 0 aromatic rings. The summed E-state index contributed by atoms with van der Waals surface area (Å²) in [5, 5.41) is 2.75. The van der Waals surface area contributed by atoms with Gasteiger partial charge in [0.15, 0.2) is 0 Å². The normalized spacial score (nSPS) is 14.3. The van der Waals surface area contributed by atoms with Crippen LogP contribution in [0.3, 0.4) is 0 Å². The first-order chi connectivity index (χ1) is 4.26. The van der Waals surface area contributed by atoms with E-state index in [0.29, 0.717) is 4.83 Å². The monoisotopic (exact) mass is 191 g/mol. The fraction of sp³-hybridized carbons (Fsp3) is 1.00. The van der Waals surface area contributed by atoms with E-state index in [1.54, 1.807) is 0 Å². The summed E-state index contributed by atoms with van der Waals surface area (Å²) in [6.07, 6.45) is 1.18. The summed E-state index contributed by atoms with van der Waals surface area (Å²) >= 11 is -0.571. The summed E-state index contributed by atoms with van der Waals surface area (Å²) < 4.78 is 0. The molecule has 0 heterocycles. The maximum absolute atomic E-state index is 5.90. The van der Waals surface area contributed by atoms with Gasteiger partial charge in [-0.15, -0.1) is 0 Å². The van der Waals surface area contributed by atoms with Gasteiger partial charge < -0.3 is 0 Å². The fourth-order valence-electron chi connectivity index (χ4n) is 0.951. The van der Waals surface area contributed by atoms with Gasteiger partial charge in [0.1, 0.15) is 0 Å². The molecule has 56 valence electrons. The first kappa shape index (κ1) is 9.52. The summed E-state index contributed by atoms with van der Waals surface area (Å²) in [6, 6.07) is 0. The van der Waals surface area contributed by atoms with Crippen LogP contribution in [0.1, 0.15) is 27.2 Å². The van der Waals surface area contributed by atoms with E-state index >= 15 is 0 Å². The van der Waals surface area contributed by atoms with Gasteiger partial charge in [-0.3, -0.25) is 0 Å². The fourth-order valence-corrected chi connectivity index (χ4v) is 4.94. The number of rotatable bonds is 4. The molecule has 0 rings (SSSR count). The molecule has 0 spiro atoms. The van der Waals surface area contributed by atoms with Crippen molar-refractivity contribution < 1.29 is 0 Å². The summed E-state index contributed by atoms with van der Waals surface area (Å²) in [6.45, 7) is 6.75. The second kappa shape index (κ2) is 5.31.